The number of ether oxygens (including phenoxy) is 3. The number of carbonyl (C=O) groups is 2. The van der Waals surface area contributed by atoms with Crippen LogP contribution in [0.2, 0.25) is 0 Å². The lowest BCUT2D eigenvalue weighted by molar-refractivity contribution is -0.453. The van der Waals surface area contributed by atoms with Crippen molar-refractivity contribution in [2.45, 2.75) is 39.4 Å². The zero-order valence-corrected chi connectivity index (χ0v) is 14.4. The van der Waals surface area contributed by atoms with E-state index in [1.54, 1.807) is 25.1 Å². The Bertz CT molecular complexity index is 549. The van der Waals surface area contributed by atoms with E-state index in [2.05, 4.69) is 14.8 Å². The van der Waals surface area contributed by atoms with Gasteiger partial charge in [-0.15, -0.1) is 0 Å². The fourth-order valence-corrected chi connectivity index (χ4v) is 1.52. The Kier molecular flexibility index (Phi) is 7.47. The number of benzene rings is 1. The van der Waals surface area contributed by atoms with E-state index in [1.165, 1.54) is 13.2 Å². The van der Waals surface area contributed by atoms with E-state index in [0.717, 1.165) is 0 Å². The highest BCUT2D eigenvalue weighted by atomic mass is 17.5. The van der Waals surface area contributed by atoms with Gasteiger partial charge in [-0.3, -0.25) is 4.89 Å². The molecule has 0 amide bonds. The predicted molar refractivity (Wildman–Crippen MR) is 82.2 cm³/mol. The Morgan fingerprint density at radius 1 is 1.12 bits per heavy atom. The first-order valence-corrected chi connectivity index (χ1v) is 7.26. The summed E-state index contributed by atoms with van der Waals surface area (Å²) in [5.41, 5.74) is -0.244. The molecule has 1 unspecified atom stereocenters. The Hall–Kier alpha value is -2.32. The van der Waals surface area contributed by atoms with Crippen LogP contribution in [0.5, 0.6) is 5.75 Å². The van der Waals surface area contributed by atoms with Gasteiger partial charge < -0.3 is 14.2 Å². The lowest BCUT2D eigenvalue weighted by Gasteiger charge is -2.22. The summed E-state index contributed by atoms with van der Waals surface area (Å²) in [6.45, 7) is 7.42. The third kappa shape index (κ3) is 7.30. The molecular formula is C16H22O8. The van der Waals surface area contributed by atoms with Gasteiger partial charge in [0.15, 0.2) is 0 Å². The average Bonchev–Trinajstić information content (AvgIpc) is 2.52. The van der Waals surface area contributed by atoms with Gasteiger partial charge in [0.05, 0.1) is 24.4 Å². The van der Waals surface area contributed by atoms with Gasteiger partial charge in [-0.1, -0.05) is 12.1 Å². The summed E-state index contributed by atoms with van der Waals surface area (Å²) in [5, 5.41) is 4.14. The largest absolute Gasteiger partial charge is 0.543 e. The van der Waals surface area contributed by atoms with Crippen molar-refractivity contribution in [3.8, 4) is 5.75 Å². The monoisotopic (exact) mass is 342 g/mol. The normalized spacial score (nSPS) is 12.2. The molecule has 8 heteroatoms. The zero-order chi connectivity index (χ0) is 18.2. The highest BCUT2D eigenvalue weighted by molar-refractivity contribution is 5.92. The number of rotatable bonds is 7. The van der Waals surface area contributed by atoms with Crippen LogP contribution in [-0.2, 0) is 24.3 Å². The molecule has 0 spiro atoms. The van der Waals surface area contributed by atoms with Gasteiger partial charge in [-0.25, -0.2) is 14.5 Å². The molecule has 0 heterocycles. The van der Waals surface area contributed by atoms with E-state index < -0.39 is 18.2 Å². The zero-order valence-electron chi connectivity index (χ0n) is 14.4. The van der Waals surface area contributed by atoms with Crippen LogP contribution >= 0.6 is 0 Å². The quantitative estimate of drug-likeness (QED) is 0.424. The standard InChI is InChI=1S/C16H22O8/c1-11(10-20-16(2,3)4)21-15(18)23-24-22-14(17)12-8-6-7-9-13(12)19-5/h6-9,11H,10H2,1-5H3. The second-order valence-electron chi connectivity index (χ2n) is 5.82. The van der Waals surface area contributed by atoms with Gasteiger partial charge in [0.1, 0.15) is 17.4 Å². The SMILES string of the molecule is COc1ccccc1C(=O)OOOC(=O)OC(C)COC(C)(C)C. The molecule has 0 radical (unpaired) electrons. The number of methoxy groups -OCH3 is 1. The van der Waals surface area contributed by atoms with Crippen LogP contribution in [0.15, 0.2) is 24.3 Å². The summed E-state index contributed by atoms with van der Waals surface area (Å²) in [6, 6.07) is 6.34. The third-order valence-electron chi connectivity index (χ3n) is 2.59. The molecule has 0 aliphatic heterocycles. The molecule has 8 nitrogen and oxygen atoms in total. The molecule has 0 bridgehead atoms. The highest BCUT2D eigenvalue weighted by Gasteiger charge is 2.19. The number of para-hydroxylation sites is 1. The molecule has 0 aliphatic rings. The third-order valence-corrected chi connectivity index (χ3v) is 2.59. The van der Waals surface area contributed by atoms with Crippen LogP contribution in [0, 0.1) is 0 Å². The summed E-state index contributed by atoms with van der Waals surface area (Å²) in [4.78, 5) is 31.7. The van der Waals surface area contributed by atoms with Crippen molar-refractivity contribution >= 4 is 12.1 Å². The molecule has 0 fully saturated rings. The maximum Gasteiger partial charge on any atom is 0.543 e. The Balaban J connectivity index is 2.33. The highest BCUT2D eigenvalue weighted by Crippen LogP contribution is 2.18. The molecule has 24 heavy (non-hydrogen) atoms. The summed E-state index contributed by atoms with van der Waals surface area (Å²) < 4.78 is 15.3. The summed E-state index contributed by atoms with van der Waals surface area (Å²) in [5.74, 6) is -0.592. The summed E-state index contributed by atoms with van der Waals surface area (Å²) in [7, 11) is 1.40. The number of hydrogen-bond donors (Lipinski definition) is 0. The number of hydrogen-bond acceptors (Lipinski definition) is 8. The van der Waals surface area contributed by atoms with Crippen molar-refractivity contribution in [2.24, 2.45) is 0 Å². The van der Waals surface area contributed by atoms with Gasteiger partial charge >= 0.3 is 12.1 Å². The molecule has 0 aromatic heterocycles. The van der Waals surface area contributed by atoms with Crippen molar-refractivity contribution in [1.82, 2.24) is 0 Å². The average molecular weight is 342 g/mol. The van der Waals surface area contributed by atoms with Crippen molar-refractivity contribution < 1.29 is 38.6 Å². The second-order valence-corrected chi connectivity index (χ2v) is 5.82. The lowest BCUT2D eigenvalue weighted by Crippen LogP contribution is -2.28. The van der Waals surface area contributed by atoms with E-state index >= 15 is 0 Å². The van der Waals surface area contributed by atoms with E-state index in [0.29, 0.717) is 5.75 Å². The molecule has 0 saturated heterocycles. The fourth-order valence-electron chi connectivity index (χ4n) is 1.52. The minimum Gasteiger partial charge on any atom is -0.496 e. The maximum atomic E-state index is 11.8. The second kappa shape index (κ2) is 9.09. The van der Waals surface area contributed by atoms with Crippen LogP contribution in [-0.4, -0.2) is 37.5 Å². The van der Waals surface area contributed by atoms with Crippen molar-refractivity contribution in [2.75, 3.05) is 13.7 Å². The molecule has 1 aromatic carbocycles. The minimum atomic E-state index is -1.16. The maximum absolute atomic E-state index is 11.8. The van der Waals surface area contributed by atoms with Gasteiger partial charge in [0.25, 0.3) is 0 Å². The summed E-state index contributed by atoms with van der Waals surface area (Å²) in [6.07, 6.45) is -1.72. The molecule has 1 rings (SSSR count). The van der Waals surface area contributed by atoms with Crippen LogP contribution in [0.25, 0.3) is 0 Å². The Morgan fingerprint density at radius 3 is 2.42 bits per heavy atom. The van der Waals surface area contributed by atoms with Crippen molar-refractivity contribution in [1.29, 1.82) is 0 Å². The van der Waals surface area contributed by atoms with E-state index in [1.807, 2.05) is 20.8 Å². The predicted octanol–water partition coefficient (Wildman–Crippen LogP) is 3.06. The fraction of sp³-hybridized carbons (Fsp3) is 0.500. The minimum absolute atomic E-state index is 0.115. The first-order chi connectivity index (χ1) is 11.2. The van der Waals surface area contributed by atoms with E-state index in [-0.39, 0.29) is 17.8 Å². The Morgan fingerprint density at radius 2 is 1.79 bits per heavy atom. The van der Waals surface area contributed by atoms with Crippen LogP contribution in [0.4, 0.5) is 4.79 Å². The molecule has 0 N–H and O–H groups in total. The topological polar surface area (TPSA) is 89.5 Å². The van der Waals surface area contributed by atoms with E-state index in [4.69, 9.17) is 14.2 Å². The number of carbonyl (C=O) groups excluding carboxylic acids is 2. The van der Waals surface area contributed by atoms with Gasteiger partial charge in [-0.2, -0.15) is 0 Å². The van der Waals surface area contributed by atoms with Crippen molar-refractivity contribution in [3.63, 3.8) is 0 Å². The van der Waals surface area contributed by atoms with Crippen LogP contribution in [0.1, 0.15) is 38.1 Å². The van der Waals surface area contributed by atoms with Gasteiger partial charge in [0.2, 0.25) is 0 Å². The first kappa shape index (κ1) is 19.7. The van der Waals surface area contributed by atoms with Crippen LogP contribution < -0.4 is 4.74 Å². The smallest absolute Gasteiger partial charge is 0.496 e. The van der Waals surface area contributed by atoms with E-state index in [9.17, 15) is 9.59 Å². The molecule has 1 aromatic rings. The van der Waals surface area contributed by atoms with Gasteiger partial charge in [-0.05, 0) is 39.8 Å². The molecule has 0 aliphatic carbocycles. The van der Waals surface area contributed by atoms with Gasteiger partial charge in [0, 0.05) is 0 Å². The molecular weight excluding hydrogens is 320 g/mol. The first-order valence-electron chi connectivity index (χ1n) is 7.26. The van der Waals surface area contributed by atoms with Crippen LogP contribution in [0.3, 0.4) is 0 Å². The summed E-state index contributed by atoms with van der Waals surface area (Å²) >= 11 is 0. The molecule has 0 saturated carbocycles. The Labute approximate surface area is 140 Å². The lowest BCUT2D eigenvalue weighted by atomic mass is 10.2. The molecule has 134 valence electrons. The molecule has 1 atom stereocenters. The van der Waals surface area contributed by atoms with Crippen molar-refractivity contribution in [3.05, 3.63) is 29.8 Å².